The molecule has 0 aliphatic carbocycles. The Kier molecular flexibility index (Phi) is 6.12. The van der Waals surface area contributed by atoms with Gasteiger partial charge in [0.2, 0.25) is 0 Å². The van der Waals surface area contributed by atoms with Gasteiger partial charge >= 0.3 is 11.9 Å². The van der Waals surface area contributed by atoms with E-state index in [0.29, 0.717) is 21.5 Å². The van der Waals surface area contributed by atoms with Crippen molar-refractivity contribution >= 4 is 103 Å². The third-order valence-electron chi connectivity index (χ3n) is 3.69. The molecule has 0 bridgehead atoms. The Morgan fingerprint density at radius 1 is 0.571 bits per heavy atom. The van der Waals surface area contributed by atoms with Gasteiger partial charge in [0.15, 0.2) is 0 Å². The number of esters is 2. The van der Waals surface area contributed by atoms with Crippen LogP contribution in [0, 0.1) is 0 Å². The largest absolute Gasteiger partial charge is 0.422 e. The molecule has 0 radical (unpaired) electrons. The lowest BCUT2D eigenvalue weighted by atomic mass is 10.0. The van der Waals surface area contributed by atoms with E-state index in [1.54, 1.807) is 48.5 Å². The summed E-state index contributed by atoms with van der Waals surface area (Å²) in [4.78, 5) is 24.3. The molecule has 28 heavy (non-hydrogen) atoms. The lowest BCUT2D eigenvalue weighted by Gasteiger charge is -2.18. The molecule has 0 fully saturated rings. The third-order valence-corrected chi connectivity index (χ3v) is 4.61. The molecule has 10 heteroatoms. The number of benzene rings is 3. The molecule has 0 atom stereocenters. The fraction of sp³-hybridized carbons (Fsp3) is 0.111. The van der Waals surface area contributed by atoms with Crippen LogP contribution < -0.4 is 9.47 Å². The van der Waals surface area contributed by atoms with E-state index in [1.807, 2.05) is 0 Å². The van der Waals surface area contributed by atoms with Gasteiger partial charge < -0.3 is 9.47 Å². The molecule has 0 saturated carbocycles. The first-order valence-electron chi connectivity index (χ1n) is 7.51. The highest BCUT2D eigenvalue weighted by atomic mass is 35.6. The van der Waals surface area contributed by atoms with Crippen LogP contribution in [-0.4, -0.2) is 19.5 Å². The lowest BCUT2D eigenvalue weighted by molar-refractivity contribution is -0.134. The summed E-state index contributed by atoms with van der Waals surface area (Å²) in [6, 6.07) is 13.4. The highest BCUT2D eigenvalue weighted by molar-refractivity contribution is 6.76. The maximum Gasteiger partial charge on any atom is 0.363 e. The van der Waals surface area contributed by atoms with E-state index >= 15 is 0 Å². The summed E-state index contributed by atoms with van der Waals surface area (Å²) >= 11 is 33.8. The van der Waals surface area contributed by atoms with Gasteiger partial charge in [-0.05, 0) is 0 Å². The number of alkyl halides is 6. The number of rotatable bonds is 2. The molecule has 0 spiro atoms. The normalized spacial score (nSPS) is 12.2. The quantitative estimate of drug-likeness (QED) is 0.173. The number of halogens is 6. The summed E-state index contributed by atoms with van der Waals surface area (Å²) in [6.45, 7) is 0. The Morgan fingerprint density at radius 3 is 1.04 bits per heavy atom. The van der Waals surface area contributed by atoms with E-state index < -0.39 is 19.5 Å². The van der Waals surface area contributed by atoms with E-state index in [1.165, 1.54) is 0 Å². The minimum atomic E-state index is -2.27. The zero-order chi connectivity index (χ0) is 20.7. The van der Waals surface area contributed by atoms with Crippen molar-refractivity contribution < 1.29 is 19.1 Å². The van der Waals surface area contributed by atoms with Crippen molar-refractivity contribution in [3.8, 4) is 11.5 Å². The Labute approximate surface area is 189 Å². The van der Waals surface area contributed by atoms with Crippen molar-refractivity contribution in [2.24, 2.45) is 0 Å². The maximum atomic E-state index is 12.2. The number of carbonyl (C=O) groups is 2. The summed E-state index contributed by atoms with van der Waals surface area (Å²) in [5.74, 6) is -1.90. The molecular weight excluding hydrogens is 493 g/mol. The number of ether oxygens (including phenoxy) is 2. The molecular formula is C18H8Cl6O4. The van der Waals surface area contributed by atoms with Gasteiger partial charge in [0.25, 0.3) is 7.59 Å². The van der Waals surface area contributed by atoms with Gasteiger partial charge in [-0.2, -0.15) is 0 Å². The SMILES string of the molecule is O=C(Oc1c2ccccc2c(OC(=O)C(Cl)(Cl)Cl)c2ccccc12)C(Cl)(Cl)Cl. The molecule has 0 aliphatic heterocycles. The topological polar surface area (TPSA) is 52.6 Å². The smallest absolute Gasteiger partial charge is 0.363 e. The molecule has 0 heterocycles. The Balaban J connectivity index is 2.30. The number of hydrogen-bond donors (Lipinski definition) is 0. The molecule has 0 unspecified atom stereocenters. The monoisotopic (exact) mass is 498 g/mol. The Bertz CT molecular complexity index is 942. The average Bonchev–Trinajstić information content (AvgIpc) is 2.62. The van der Waals surface area contributed by atoms with Gasteiger partial charge in [0, 0.05) is 21.5 Å². The maximum absolute atomic E-state index is 12.2. The van der Waals surface area contributed by atoms with Crippen LogP contribution in [0.3, 0.4) is 0 Å². The van der Waals surface area contributed by atoms with Crippen LogP contribution in [0.1, 0.15) is 0 Å². The lowest BCUT2D eigenvalue weighted by Crippen LogP contribution is -2.25. The third kappa shape index (κ3) is 4.38. The molecule has 0 N–H and O–H groups in total. The van der Waals surface area contributed by atoms with Gasteiger partial charge in [-0.25, -0.2) is 9.59 Å². The summed E-state index contributed by atoms with van der Waals surface area (Å²) in [5.41, 5.74) is 0. The zero-order valence-corrected chi connectivity index (χ0v) is 18.1. The molecule has 3 aromatic carbocycles. The van der Waals surface area contributed by atoms with E-state index in [2.05, 4.69) is 0 Å². The van der Waals surface area contributed by atoms with Crippen molar-refractivity contribution in [3.63, 3.8) is 0 Å². The molecule has 0 saturated heterocycles. The van der Waals surface area contributed by atoms with Crippen molar-refractivity contribution in [1.29, 1.82) is 0 Å². The van der Waals surface area contributed by atoms with Crippen LogP contribution >= 0.6 is 69.6 Å². The van der Waals surface area contributed by atoms with Crippen LogP contribution in [0.5, 0.6) is 11.5 Å². The van der Waals surface area contributed by atoms with Crippen LogP contribution in [-0.2, 0) is 9.59 Å². The van der Waals surface area contributed by atoms with Crippen LogP contribution in [0.4, 0.5) is 0 Å². The Hall–Kier alpha value is -1.14. The van der Waals surface area contributed by atoms with Crippen LogP contribution in [0.25, 0.3) is 21.5 Å². The van der Waals surface area contributed by atoms with Crippen molar-refractivity contribution in [2.75, 3.05) is 0 Å². The fourth-order valence-corrected chi connectivity index (χ4v) is 2.80. The summed E-state index contributed by atoms with van der Waals surface area (Å²) < 4.78 is 6.21. The average molecular weight is 501 g/mol. The summed E-state index contributed by atoms with van der Waals surface area (Å²) in [6.07, 6.45) is 0. The van der Waals surface area contributed by atoms with E-state index in [-0.39, 0.29) is 11.5 Å². The van der Waals surface area contributed by atoms with Crippen LogP contribution in [0.2, 0.25) is 0 Å². The molecule has 3 rings (SSSR count). The molecule has 4 nitrogen and oxygen atoms in total. The van der Waals surface area contributed by atoms with Crippen molar-refractivity contribution in [2.45, 2.75) is 7.59 Å². The Morgan fingerprint density at radius 2 is 0.821 bits per heavy atom. The zero-order valence-electron chi connectivity index (χ0n) is 13.5. The summed E-state index contributed by atoms with van der Waals surface area (Å²) in [5, 5.41) is 1.71. The molecule has 0 amide bonds. The van der Waals surface area contributed by atoms with Crippen molar-refractivity contribution in [3.05, 3.63) is 48.5 Å². The van der Waals surface area contributed by atoms with Gasteiger partial charge in [-0.15, -0.1) is 0 Å². The van der Waals surface area contributed by atoms with Gasteiger partial charge in [-0.1, -0.05) is 118 Å². The highest BCUT2D eigenvalue weighted by Gasteiger charge is 2.36. The second-order valence-corrected chi connectivity index (χ2v) is 10.1. The fourth-order valence-electron chi connectivity index (χ4n) is 2.57. The van der Waals surface area contributed by atoms with E-state index in [0.717, 1.165) is 0 Å². The predicted octanol–water partition coefficient (Wildman–Crippen LogP) is 6.54. The standard InChI is InChI=1S/C18H8Cl6O4/c19-17(20,21)15(25)27-13-9-5-1-2-6-10(9)14(28-16(26)18(22,23)24)12-8-4-3-7-11(12)13/h1-8H. The van der Waals surface area contributed by atoms with Crippen molar-refractivity contribution in [1.82, 2.24) is 0 Å². The van der Waals surface area contributed by atoms with E-state index in [9.17, 15) is 9.59 Å². The molecule has 146 valence electrons. The molecule has 3 aromatic rings. The number of carbonyl (C=O) groups excluding carboxylic acids is 2. The number of fused-ring (bicyclic) bond motifs is 2. The minimum absolute atomic E-state index is 0.135. The highest BCUT2D eigenvalue weighted by Crippen LogP contribution is 2.44. The van der Waals surface area contributed by atoms with Gasteiger partial charge in [0.05, 0.1) is 0 Å². The second kappa shape index (κ2) is 7.94. The first-order chi connectivity index (χ1) is 13.0. The molecule has 0 aromatic heterocycles. The van der Waals surface area contributed by atoms with E-state index in [4.69, 9.17) is 79.1 Å². The summed E-state index contributed by atoms with van der Waals surface area (Å²) in [7, 11) is 0. The molecule has 0 aliphatic rings. The predicted molar refractivity (Wildman–Crippen MR) is 113 cm³/mol. The first kappa shape index (κ1) is 21.6. The van der Waals surface area contributed by atoms with Crippen LogP contribution in [0.15, 0.2) is 48.5 Å². The second-order valence-electron chi connectivity index (χ2n) is 5.52. The van der Waals surface area contributed by atoms with Gasteiger partial charge in [-0.3, -0.25) is 0 Å². The number of hydrogen-bond acceptors (Lipinski definition) is 4. The van der Waals surface area contributed by atoms with Gasteiger partial charge in [0.1, 0.15) is 11.5 Å². The first-order valence-corrected chi connectivity index (χ1v) is 9.78. The minimum Gasteiger partial charge on any atom is -0.422 e.